The molecular weight excluding hydrogens is 170 g/mol. The molecule has 0 spiro atoms. The Kier molecular flexibility index (Phi) is 3.16. The Balaban J connectivity index is 3.07. The van der Waals surface area contributed by atoms with Gasteiger partial charge < -0.3 is 0 Å². The molecule has 0 fully saturated rings. The normalized spacial score (nSPS) is 12.1. The molecular formula is C10H10ClN. The van der Waals surface area contributed by atoms with E-state index in [9.17, 15) is 0 Å². The lowest BCUT2D eigenvalue weighted by Crippen LogP contribution is -2.08. The molecule has 1 aromatic rings. The SMILES string of the molecule is C#Cc1ccccc1[C@@H](C)NCl. The summed E-state index contributed by atoms with van der Waals surface area (Å²) in [6.45, 7) is 1.96. The van der Waals surface area contributed by atoms with Crippen LogP contribution in [0.15, 0.2) is 24.3 Å². The van der Waals surface area contributed by atoms with Crippen LogP contribution in [0.2, 0.25) is 0 Å². The van der Waals surface area contributed by atoms with Gasteiger partial charge in [-0.15, -0.1) is 6.42 Å². The van der Waals surface area contributed by atoms with E-state index in [2.05, 4.69) is 10.8 Å². The van der Waals surface area contributed by atoms with E-state index in [4.69, 9.17) is 18.2 Å². The van der Waals surface area contributed by atoms with E-state index in [-0.39, 0.29) is 6.04 Å². The first-order valence-corrected chi connectivity index (χ1v) is 4.09. The molecule has 0 saturated carbocycles. The quantitative estimate of drug-likeness (QED) is 0.543. The lowest BCUT2D eigenvalue weighted by molar-refractivity contribution is 0.743. The highest BCUT2D eigenvalue weighted by molar-refractivity contribution is 6.13. The molecule has 62 valence electrons. The molecule has 0 amide bonds. The van der Waals surface area contributed by atoms with Crippen molar-refractivity contribution in [2.75, 3.05) is 0 Å². The molecule has 1 atom stereocenters. The second kappa shape index (κ2) is 4.15. The Morgan fingerprint density at radius 2 is 2.17 bits per heavy atom. The molecule has 0 unspecified atom stereocenters. The highest BCUT2D eigenvalue weighted by Crippen LogP contribution is 2.16. The Morgan fingerprint density at radius 3 is 2.75 bits per heavy atom. The van der Waals surface area contributed by atoms with Gasteiger partial charge >= 0.3 is 0 Å². The number of benzene rings is 1. The van der Waals surface area contributed by atoms with Crippen molar-refractivity contribution in [3.05, 3.63) is 35.4 Å². The Bertz CT molecular complexity index is 301. The number of terminal acetylenes is 1. The van der Waals surface area contributed by atoms with Gasteiger partial charge in [0.25, 0.3) is 0 Å². The number of halogens is 1. The molecule has 0 radical (unpaired) electrons. The number of nitrogens with one attached hydrogen (secondary N) is 1. The molecule has 0 aliphatic rings. The summed E-state index contributed by atoms with van der Waals surface area (Å²) in [5.41, 5.74) is 1.94. The standard InChI is InChI=1S/C10H10ClN/c1-3-9-6-4-5-7-10(9)8(2)12-11/h1,4-8,12H,2H3/t8-/m1/s1. The van der Waals surface area contributed by atoms with Gasteiger partial charge in [-0.1, -0.05) is 24.1 Å². The van der Waals surface area contributed by atoms with Crippen LogP contribution < -0.4 is 4.84 Å². The molecule has 0 aliphatic carbocycles. The minimum atomic E-state index is 0.0823. The van der Waals surface area contributed by atoms with Crippen molar-refractivity contribution in [2.24, 2.45) is 0 Å². The summed E-state index contributed by atoms with van der Waals surface area (Å²) in [5.74, 6) is 2.61. The lowest BCUT2D eigenvalue weighted by Gasteiger charge is -2.10. The Hall–Kier alpha value is -0.970. The van der Waals surface area contributed by atoms with E-state index in [0.717, 1.165) is 11.1 Å². The van der Waals surface area contributed by atoms with Gasteiger partial charge in [-0.2, -0.15) is 0 Å². The highest BCUT2D eigenvalue weighted by Gasteiger charge is 2.05. The molecule has 1 N–H and O–H groups in total. The molecule has 1 aromatic carbocycles. The average molecular weight is 180 g/mol. The molecule has 12 heavy (non-hydrogen) atoms. The van der Waals surface area contributed by atoms with Crippen LogP contribution in [0, 0.1) is 12.3 Å². The third-order valence-electron chi connectivity index (χ3n) is 1.75. The third-order valence-corrected chi connectivity index (χ3v) is 2.07. The summed E-state index contributed by atoms with van der Waals surface area (Å²) in [4.78, 5) is 2.63. The van der Waals surface area contributed by atoms with Crippen molar-refractivity contribution >= 4 is 11.8 Å². The maximum atomic E-state index is 5.50. The highest BCUT2D eigenvalue weighted by atomic mass is 35.5. The topological polar surface area (TPSA) is 12.0 Å². The molecule has 1 nitrogen and oxygen atoms in total. The van der Waals surface area contributed by atoms with Crippen molar-refractivity contribution < 1.29 is 0 Å². The van der Waals surface area contributed by atoms with Crippen LogP contribution in [0.4, 0.5) is 0 Å². The summed E-state index contributed by atoms with van der Waals surface area (Å²) in [6.07, 6.45) is 5.32. The smallest absolute Gasteiger partial charge is 0.0454 e. The van der Waals surface area contributed by atoms with Crippen LogP contribution in [-0.4, -0.2) is 0 Å². The summed E-state index contributed by atoms with van der Waals surface area (Å²) >= 11 is 5.50. The number of hydrogen-bond donors (Lipinski definition) is 1. The van der Waals surface area contributed by atoms with Crippen LogP contribution in [0.5, 0.6) is 0 Å². The van der Waals surface area contributed by atoms with Gasteiger partial charge in [-0.05, 0) is 30.3 Å². The van der Waals surface area contributed by atoms with Gasteiger partial charge in [0.1, 0.15) is 0 Å². The second-order valence-corrected chi connectivity index (χ2v) is 2.78. The molecule has 0 bridgehead atoms. The number of rotatable bonds is 2. The number of hydrogen-bond acceptors (Lipinski definition) is 1. The first kappa shape index (κ1) is 9.12. The maximum absolute atomic E-state index is 5.50. The van der Waals surface area contributed by atoms with E-state index in [1.54, 1.807) is 0 Å². The van der Waals surface area contributed by atoms with E-state index >= 15 is 0 Å². The zero-order valence-electron chi connectivity index (χ0n) is 6.84. The van der Waals surface area contributed by atoms with Crippen molar-refractivity contribution in [1.29, 1.82) is 0 Å². The summed E-state index contributed by atoms with van der Waals surface area (Å²) in [5, 5.41) is 0. The first-order valence-electron chi connectivity index (χ1n) is 3.71. The van der Waals surface area contributed by atoms with Gasteiger partial charge in [0.2, 0.25) is 0 Å². The molecule has 0 heterocycles. The first-order chi connectivity index (χ1) is 5.79. The zero-order valence-corrected chi connectivity index (χ0v) is 7.60. The van der Waals surface area contributed by atoms with Crippen LogP contribution in [0.3, 0.4) is 0 Å². The summed E-state index contributed by atoms with van der Waals surface area (Å²) in [7, 11) is 0. The second-order valence-electron chi connectivity index (χ2n) is 2.56. The van der Waals surface area contributed by atoms with E-state index in [1.807, 2.05) is 31.2 Å². The zero-order chi connectivity index (χ0) is 8.97. The summed E-state index contributed by atoms with van der Waals surface area (Å²) in [6, 6.07) is 7.81. The van der Waals surface area contributed by atoms with Crippen molar-refractivity contribution in [3.8, 4) is 12.3 Å². The van der Waals surface area contributed by atoms with Gasteiger partial charge in [0.15, 0.2) is 0 Å². The third kappa shape index (κ3) is 1.79. The lowest BCUT2D eigenvalue weighted by atomic mass is 10.0. The van der Waals surface area contributed by atoms with Gasteiger partial charge in [-0.25, -0.2) is 4.84 Å². The van der Waals surface area contributed by atoms with E-state index < -0.39 is 0 Å². The minimum absolute atomic E-state index is 0.0823. The molecule has 1 rings (SSSR count). The van der Waals surface area contributed by atoms with E-state index in [0.29, 0.717) is 0 Å². The van der Waals surface area contributed by atoms with Crippen molar-refractivity contribution in [2.45, 2.75) is 13.0 Å². The molecule has 0 saturated heterocycles. The Morgan fingerprint density at radius 1 is 1.50 bits per heavy atom. The fourth-order valence-electron chi connectivity index (χ4n) is 1.06. The fourth-order valence-corrected chi connectivity index (χ4v) is 1.18. The molecule has 0 aliphatic heterocycles. The van der Waals surface area contributed by atoms with Crippen LogP contribution >= 0.6 is 11.8 Å². The largest absolute Gasteiger partial charge is 0.226 e. The van der Waals surface area contributed by atoms with Gasteiger partial charge in [0.05, 0.1) is 0 Å². The molecule has 2 heteroatoms. The van der Waals surface area contributed by atoms with Crippen molar-refractivity contribution in [1.82, 2.24) is 4.84 Å². The van der Waals surface area contributed by atoms with Gasteiger partial charge in [0, 0.05) is 11.6 Å². The molecule has 0 aromatic heterocycles. The van der Waals surface area contributed by atoms with Crippen LogP contribution in [-0.2, 0) is 0 Å². The monoisotopic (exact) mass is 179 g/mol. The predicted octanol–water partition coefficient (Wildman–Crippen LogP) is 2.47. The fraction of sp³-hybridized carbons (Fsp3) is 0.200. The Labute approximate surface area is 77.9 Å². The van der Waals surface area contributed by atoms with Crippen LogP contribution in [0.1, 0.15) is 24.1 Å². The predicted molar refractivity (Wildman–Crippen MR) is 51.8 cm³/mol. The van der Waals surface area contributed by atoms with Crippen LogP contribution in [0.25, 0.3) is 0 Å². The van der Waals surface area contributed by atoms with Gasteiger partial charge in [-0.3, -0.25) is 0 Å². The maximum Gasteiger partial charge on any atom is 0.0454 e. The minimum Gasteiger partial charge on any atom is -0.226 e. The summed E-state index contributed by atoms with van der Waals surface area (Å²) < 4.78 is 0. The average Bonchev–Trinajstić information content (AvgIpc) is 2.16. The van der Waals surface area contributed by atoms with Crippen molar-refractivity contribution in [3.63, 3.8) is 0 Å². The van der Waals surface area contributed by atoms with E-state index in [1.165, 1.54) is 0 Å².